The van der Waals surface area contributed by atoms with Crippen LogP contribution in [0.1, 0.15) is 24.8 Å². The van der Waals surface area contributed by atoms with E-state index in [0.29, 0.717) is 5.92 Å². The fourth-order valence-corrected chi connectivity index (χ4v) is 3.23. The van der Waals surface area contributed by atoms with E-state index in [9.17, 15) is 9.59 Å². The molecule has 1 fully saturated rings. The van der Waals surface area contributed by atoms with Crippen molar-refractivity contribution in [3.63, 3.8) is 0 Å². The summed E-state index contributed by atoms with van der Waals surface area (Å²) in [6.45, 7) is 1.34. The minimum Gasteiger partial charge on any atom is -0.407 e. The van der Waals surface area contributed by atoms with E-state index >= 15 is 0 Å². The first-order valence-electron chi connectivity index (χ1n) is 8.55. The number of hydrogen-bond donors (Lipinski definition) is 1. The van der Waals surface area contributed by atoms with Gasteiger partial charge >= 0.3 is 5.97 Å². The van der Waals surface area contributed by atoms with Gasteiger partial charge in [0.2, 0.25) is 11.8 Å². The molecular weight excluding hydrogens is 328 g/mol. The summed E-state index contributed by atoms with van der Waals surface area (Å²) in [4.78, 5) is 27.8. The molecule has 26 heavy (non-hydrogen) atoms. The normalized spacial score (nSPS) is 18.3. The monoisotopic (exact) mass is 346 g/mol. The second kappa shape index (κ2) is 6.59. The Balaban J connectivity index is 1.49. The lowest BCUT2D eigenvalue weighted by Gasteiger charge is -2.08. The van der Waals surface area contributed by atoms with Gasteiger partial charge in [-0.2, -0.15) is 0 Å². The number of amides is 1. The minimum atomic E-state index is -0.414. The van der Waals surface area contributed by atoms with Crippen LogP contribution >= 0.6 is 0 Å². The molecule has 1 saturated carbocycles. The van der Waals surface area contributed by atoms with Crippen LogP contribution in [0.5, 0.6) is 5.88 Å². The van der Waals surface area contributed by atoms with Crippen LogP contribution in [0.4, 0.5) is 5.69 Å². The zero-order valence-corrected chi connectivity index (χ0v) is 14.3. The zero-order chi connectivity index (χ0) is 18.1. The predicted octanol–water partition coefficient (Wildman–Crippen LogP) is 3.90. The first kappa shape index (κ1) is 16.3. The molecule has 1 amide bonds. The highest BCUT2D eigenvalue weighted by atomic mass is 16.5. The fraction of sp³-hybridized carbons (Fsp3) is 0.190. The van der Waals surface area contributed by atoms with Crippen LogP contribution in [0.3, 0.4) is 0 Å². The van der Waals surface area contributed by atoms with Gasteiger partial charge in [0, 0.05) is 30.1 Å². The third-order valence-corrected chi connectivity index (χ3v) is 4.59. The van der Waals surface area contributed by atoms with Crippen molar-refractivity contribution in [1.29, 1.82) is 0 Å². The Morgan fingerprint density at radius 2 is 1.92 bits per heavy atom. The number of carbonyl (C=O) groups excluding carboxylic acids is 2. The van der Waals surface area contributed by atoms with Crippen molar-refractivity contribution in [1.82, 2.24) is 4.98 Å². The largest absolute Gasteiger partial charge is 0.407 e. The van der Waals surface area contributed by atoms with E-state index < -0.39 is 5.97 Å². The molecule has 0 aliphatic heterocycles. The van der Waals surface area contributed by atoms with Gasteiger partial charge in [-0.15, -0.1) is 0 Å². The van der Waals surface area contributed by atoms with Gasteiger partial charge in [-0.1, -0.05) is 30.3 Å². The van der Waals surface area contributed by atoms with Crippen LogP contribution in [0.15, 0.2) is 60.8 Å². The molecule has 5 nitrogen and oxygen atoms in total. The summed E-state index contributed by atoms with van der Waals surface area (Å²) < 4.78 is 5.12. The van der Waals surface area contributed by atoms with Crippen molar-refractivity contribution in [2.75, 3.05) is 5.32 Å². The van der Waals surface area contributed by atoms with Crippen molar-refractivity contribution in [3.8, 4) is 5.88 Å². The molecule has 4 rings (SSSR count). The third-order valence-electron chi connectivity index (χ3n) is 4.59. The molecule has 1 heterocycles. The van der Waals surface area contributed by atoms with Crippen molar-refractivity contribution < 1.29 is 14.3 Å². The first-order chi connectivity index (χ1) is 12.6. The van der Waals surface area contributed by atoms with Gasteiger partial charge in [-0.3, -0.25) is 9.59 Å². The van der Waals surface area contributed by atoms with Gasteiger partial charge in [-0.25, -0.2) is 4.98 Å². The number of ether oxygens (including phenoxy) is 1. The van der Waals surface area contributed by atoms with Gasteiger partial charge in [-0.05, 0) is 47.6 Å². The number of carbonyl (C=O) groups is 2. The van der Waals surface area contributed by atoms with Crippen LogP contribution in [-0.2, 0) is 9.59 Å². The van der Waals surface area contributed by atoms with E-state index in [4.69, 9.17) is 4.74 Å². The van der Waals surface area contributed by atoms with Crippen molar-refractivity contribution >= 4 is 28.3 Å². The summed E-state index contributed by atoms with van der Waals surface area (Å²) in [6.07, 6.45) is 2.46. The third kappa shape index (κ3) is 3.28. The standard InChI is InChI=1S/C21H18N2O3/c1-13(24)26-21-17-8-7-16(11-15(17)9-10-22-21)23-20(25)19-12-18(19)14-5-3-2-4-6-14/h2-11,18-19H,12H2,1H3,(H,23,25). The van der Waals surface area contributed by atoms with Crippen LogP contribution in [0.25, 0.3) is 10.8 Å². The van der Waals surface area contributed by atoms with Gasteiger partial charge in [0.25, 0.3) is 0 Å². The number of pyridine rings is 1. The molecule has 2 aromatic carbocycles. The van der Waals surface area contributed by atoms with Crippen molar-refractivity contribution in [3.05, 3.63) is 66.4 Å². The molecule has 0 radical (unpaired) electrons. The number of anilines is 1. The average Bonchev–Trinajstić information content (AvgIpc) is 3.43. The second-order valence-electron chi connectivity index (χ2n) is 6.49. The van der Waals surface area contributed by atoms with Gasteiger partial charge in [0.05, 0.1) is 0 Å². The van der Waals surface area contributed by atoms with E-state index in [1.807, 2.05) is 30.3 Å². The van der Waals surface area contributed by atoms with Crippen molar-refractivity contribution in [2.24, 2.45) is 5.92 Å². The number of fused-ring (bicyclic) bond motifs is 1. The smallest absolute Gasteiger partial charge is 0.309 e. The summed E-state index contributed by atoms with van der Waals surface area (Å²) in [5, 5.41) is 4.57. The van der Waals surface area contributed by atoms with E-state index in [1.165, 1.54) is 12.5 Å². The predicted molar refractivity (Wildman–Crippen MR) is 99.0 cm³/mol. The van der Waals surface area contributed by atoms with Crippen molar-refractivity contribution in [2.45, 2.75) is 19.3 Å². The summed E-state index contributed by atoms with van der Waals surface area (Å²) in [7, 11) is 0. The maximum atomic E-state index is 12.5. The summed E-state index contributed by atoms with van der Waals surface area (Å²) in [5.41, 5.74) is 1.93. The lowest BCUT2D eigenvalue weighted by Crippen LogP contribution is -2.14. The number of aromatic nitrogens is 1. The maximum Gasteiger partial charge on any atom is 0.309 e. The van der Waals surface area contributed by atoms with E-state index in [1.54, 1.807) is 18.3 Å². The molecule has 0 spiro atoms. The van der Waals surface area contributed by atoms with Crippen LogP contribution in [-0.4, -0.2) is 16.9 Å². The molecule has 1 aliphatic carbocycles. The Labute approximate surface area is 151 Å². The number of rotatable bonds is 4. The lowest BCUT2D eigenvalue weighted by atomic mass is 10.1. The molecule has 5 heteroatoms. The Morgan fingerprint density at radius 1 is 1.12 bits per heavy atom. The molecule has 1 aromatic heterocycles. The average molecular weight is 346 g/mol. The Morgan fingerprint density at radius 3 is 2.69 bits per heavy atom. The topological polar surface area (TPSA) is 68.3 Å². The van der Waals surface area contributed by atoms with Gasteiger partial charge in [0.1, 0.15) is 0 Å². The lowest BCUT2D eigenvalue weighted by molar-refractivity contribution is -0.132. The number of nitrogens with zero attached hydrogens (tertiary/aromatic N) is 1. The van der Waals surface area contributed by atoms with Gasteiger partial charge < -0.3 is 10.1 Å². The number of esters is 1. The Kier molecular flexibility index (Phi) is 4.13. The number of benzene rings is 2. The highest BCUT2D eigenvalue weighted by Crippen LogP contribution is 2.47. The van der Waals surface area contributed by atoms with Crippen LogP contribution in [0, 0.1) is 5.92 Å². The fourth-order valence-electron chi connectivity index (χ4n) is 3.23. The quantitative estimate of drug-likeness (QED) is 0.728. The first-order valence-corrected chi connectivity index (χ1v) is 8.55. The summed E-state index contributed by atoms with van der Waals surface area (Å²) in [5.74, 6) is 0.216. The Bertz CT molecular complexity index is 985. The Hall–Kier alpha value is -3.21. The second-order valence-corrected chi connectivity index (χ2v) is 6.49. The maximum absolute atomic E-state index is 12.5. The molecule has 1 aliphatic rings. The van der Waals surface area contributed by atoms with Crippen LogP contribution in [0.2, 0.25) is 0 Å². The van der Waals surface area contributed by atoms with E-state index in [2.05, 4.69) is 22.4 Å². The minimum absolute atomic E-state index is 0.0159. The van der Waals surface area contributed by atoms with E-state index in [-0.39, 0.29) is 17.7 Å². The van der Waals surface area contributed by atoms with Gasteiger partial charge in [0.15, 0.2) is 0 Å². The number of hydrogen-bond acceptors (Lipinski definition) is 4. The highest BCUT2D eigenvalue weighted by molar-refractivity contribution is 5.98. The zero-order valence-electron chi connectivity index (χ0n) is 14.3. The summed E-state index contributed by atoms with van der Waals surface area (Å²) >= 11 is 0. The molecule has 3 aromatic rings. The molecular formula is C21H18N2O3. The van der Waals surface area contributed by atoms with E-state index in [0.717, 1.165) is 22.9 Å². The molecule has 130 valence electrons. The summed E-state index contributed by atoms with van der Waals surface area (Å²) in [6, 6.07) is 17.4. The molecule has 2 unspecified atom stereocenters. The molecule has 0 bridgehead atoms. The number of nitrogens with one attached hydrogen (secondary N) is 1. The molecule has 2 atom stereocenters. The molecule has 0 saturated heterocycles. The highest BCUT2D eigenvalue weighted by Gasteiger charge is 2.43. The SMILES string of the molecule is CC(=O)Oc1nccc2cc(NC(=O)C3CC3c3ccccc3)ccc12. The van der Waals surface area contributed by atoms with Crippen LogP contribution < -0.4 is 10.1 Å². The molecule has 1 N–H and O–H groups in total.